The molecule has 0 spiro atoms. The second-order valence-electron chi connectivity index (χ2n) is 5.34. The van der Waals surface area contributed by atoms with E-state index in [1.165, 1.54) is 14.2 Å². The summed E-state index contributed by atoms with van der Waals surface area (Å²) in [6.07, 6.45) is 0.305. The minimum Gasteiger partial charge on any atom is -0.493 e. The smallest absolute Gasteiger partial charge is 0.308 e. The predicted molar refractivity (Wildman–Crippen MR) is 88.6 cm³/mol. The monoisotopic (exact) mass is 384 g/mol. The van der Waals surface area contributed by atoms with Gasteiger partial charge in [0.2, 0.25) is 11.6 Å². The molecule has 10 heteroatoms. The lowest BCUT2D eigenvalue weighted by Gasteiger charge is -2.10. The quantitative estimate of drug-likeness (QED) is 0.450. The number of rotatable bonds is 7. The van der Waals surface area contributed by atoms with Gasteiger partial charge in [-0.3, -0.25) is 14.9 Å². The van der Waals surface area contributed by atoms with Crippen molar-refractivity contribution in [2.24, 2.45) is 0 Å². The lowest BCUT2D eigenvalue weighted by molar-refractivity contribution is -0.387. The third-order valence-electron chi connectivity index (χ3n) is 3.72. The van der Waals surface area contributed by atoms with Gasteiger partial charge in [0.25, 0.3) is 5.91 Å². The SMILES string of the molecule is COc1ccc(CCNC(=O)c2cc([N+](=O)[O-])c(F)c(F)c2F)cc1OC. The number of hydrogen-bond donors (Lipinski definition) is 1. The van der Waals surface area contributed by atoms with Crippen LogP contribution in [0.3, 0.4) is 0 Å². The molecule has 27 heavy (non-hydrogen) atoms. The van der Waals surface area contributed by atoms with Gasteiger partial charge in [-0.25, -0.2) is 8.78 Å². The summed E-state index contributed by atoms with van der Waals surface area (Å²) < 4.78 is 50.8. The fourth-order valence-electron chi connectivity index (χ4n) is 2.34. The molecule has 144 valence electrons. The van der Waals surface area contributed by atoms with Crippen molar-refractivity contribution < 1.29 is 32.4 Å². The molecule has 0 saturated carbocycles. The molecule has 7 nitrogen and oxygen atoms in total. The van der Waals surface area contributed by atoms with Crippen molar-refractivity contribution in [3.05, 3.63) is 63.0 Å². The molecule has 0 fully saturated rings. The summed E-state index contributed by atoms with van der Waals surface area (Å²) in [7, 11) is 2.94. The number of nitro benzene ring substituents is 1. The average molecular weight is 384 g/mol. The molecular formula is C17H15F3N2O5. The fraction of sp³-hybridized carbons (Fsp3) is 0.235. The van der Waals surface area contributed by atoms with E-state index in [9.17, 15) is 28.1 Å². The number of nitro groups is 1. The Morgan fingerprint density at radius 1 is 1.07 bits per heavy atom. The Balaban J connectivity index is 2.11. The molecule has 1 N–H and O–H groups in total. The summed E-state index contributed by atoms with van der Waals surface area (Å²) in [5.74, 6) is -5.93. The maximum Gasteiger partial charge on any atom is 0.308 e. The first-order chi connectivity index (χ1) is 12.8. The van der Waals surface area contributed by atoms with Gasteiger partial charge in [0.15, 0.2) is 17.3 Å². The van der Waals surface area contributed by atoms with Gasteiger partial charge < -0.3 is 14.8 Å². The lowest BCUT2D eigenvalue weighted by atomic mass is 10.1. The van der Waals surface area contributed by atoms with Gasteiger partial charge in [-0.2, -0.15) is 4.39 Å². The van der Waals surface area contributed by atoms with Crippen molar-refractivity contribution in [1.82, 2.24) is 5.32 Å². The van der Waals surface area contributed by atoms with E-state index in [1.807, 2.05) is 0 Å². The van der Waals surface area contributed by atoms with Gasteiger partial charge in [0, 0.05) is 12.6 Å². The second kappa shape index (κ2) is 8.39. The summed E-state index contributed by atoms with van der Waals surface area (Å²) >= 11 is 0. The van der Waals surface area contributed by atoms with Crippen LogP contribution >= 0.6 is 0 Å². The van der Waals surface area contributed by atoms with Crippen LogP contribution in [0.15, 0.2) is 24.3 Å². The van der Waals surface area contributed by atoms with E-state index in [1.54, 1.807) is 18.2 Å². The predicted octanol–water partition coefficient (Wildman–Crippen LogP) is 3.00. The Labute approximate surface area is 151 Å². The summed E-state index contributed by atoms with van der Waals surface area (Å²) in [6.45, 7) is 0.0144. The van der Waals surface area contributed by atoms with E-state index in [0.717, 1.165) is 5.56 Å². The van der Waals surface area contributed by atoms with Crippen molar-refractivity contribution in [3.8, 4) is 11.5 Å². The number of ether oxygens (including phenoxy) is 2. The van der Waals surface area contributed by atoms with E-state index in [2.05, 4.69) is 5.32 Å². The van der Waals surface area contributed by atoms with Gasteiger partial charge in [-0.15, -0.1) is 0 Å². The highest BCUT2D eigenvalue weighted by Crippen LogP contribution is 2.28. The molecule has 0 aromatic heterocycles. The first-order valence-corrected chi connectivity index (χ1v) is 7.61. The van der Waals surface area contributed by atoms with Crippen molar-refractivity contribution in [2.45, 2.75) is 6.42 Å². The van der Waals surface area contributed by atoms with Crippen LogP contribution in [0.1, 0.15) is 15.9 Å². The van der Waals surface area contributed by atoms with Crippen molar-refractivity contribution >= 4 is 11.6 Å². The summed E-state index contributed by atoms with van der Waals surface area (Å²) in [5, 5.41) is 13.0. The van der Waals surface area contributed by atoms with Crippen LogP contribution in [-0.2, 0) is 6.42 Å². The Hall–Kier alpha value is -3.30. The molecule has 0 saturated heterocycles. The molecule has 0 aliphatic heterocycles. The first kappa shape index (κ1) is 20.0. The number of carbonyl (C=O) groups is 1. The van der Waals surface area contributed by atoms with E-state index in [0.29, 0.717) is 24.0 Å². The number of nitrogens with zero attached hydrogens (tertiary/aromatic N) is 1. The van der Waals surface area contributed by atoms with Crippen LogP contribution in [0.25, 0.3) is 0 Å². The molecule has 0 atom stereocenters. The molecule has 2 aromatic carbocycles. The molecule has 0 aliphatic carbocycles. The molecule has 0 heterocycles. The highest BCUT2D eigenvalue weighted by atomic mass is 19.2. The number of amides is 1. The Kier molecular flexibility index (Phi) is 6.22. The standard InChI is InChI=1S/C17H15F3N2O5/c1-26-12-4-3-9(7-13(12)27-2)5-6-21-17(23)10-8-11(22(24)25)15(19)16(20)14(10)18/h3-4,7-8H,5-6H2,1-2H3,(H,21,23). The molecule has 0 unspecified atom stereocenters. The second-order valence-corrected chi connectivity index (χ2v) is 5.34. The Morgan fingerprint density at radius 3 is 2.33 bits per heavy atom. The zero-order chi connectivity index (χ0) is 20.1. The average Bonchev–Trinajstić information content (AvgIpc) is 2.65. The fourth-order valence-corrected chi connectivity index (χ4v) is 2.34. The number of benzene rings is 2. The lowest BCUT2D eigenvalue weighted by Crippen LogP contribution is -2.27. The minimum absolute atomic E-state index is 0.0144. The number of hydrogen-bond acceptors (Lipinski definition) is 5. The highest BCUT2D eigenvalue weighted by molar-refractivity contribution is 5.95. The van der Waals surface area contributed by atoms with E-state index in [-0.39, 0.29) is 6.54 Å². The zero-order valence-corrected chi connectivity index (χ0v) is 14.3. The van der Waals surface area contributed by atoms with Crippen molar-refractivity contribution in [1.29, 1.82) is 0 Å². The van der Waals surface area contributed by atoms with Gasteiger partial charge in [0.05, 0.1) is 24.7 Å². The number of carbonyl (C=O) groups excluding carboxylic acids is 1. The molecule has 0 radical (unpaired) electrons. The molecule has 1 amide bonds. The van der Waals surface area contributed by atoms with E-state index >= 15 is 0 Å². The summed E-state index contributed by atoms with van der Waals surface area (Å²) in [4.78, 5) is 21.5. The molecular weight excluding hydrogens is 369 g/mol. The third kappa shape index (κ3) is 4.27. The van der Waals surface area contributed by atoms with Crippen LogP contribution in [0.2, 0.25) is 0 Å². The minimum atomic E-state index is -2.07. The number of nitrogens with one attached hydrogen (secondary N) is 1. The normalized spacial score (nSPS) is 10.4. The van der Waals surface area contributed by atoms with Crippen molar-refractivity contribution in [3.63, 3.8) is 0 Å². The third-order valence-corrected chi connectivity index (χ3v) is 3.72. The topological polar surface area (TPSA) is 90.7 Å². The maximum absolute atomic E-state index is 13.8. The number of halogens is 3. The molecule has 0 aliphatic rings. The van der Waals surface area contributed by atoms with Crippen LogP contribution < -0.4 is 14.8 Å². The summed E-state index contributed by atoms with van der Waals surface area (Å²) in [5.41, 5.74) is -1.52. The van der Waals surface area contributed by atoms with Gasteiger partial charge >= 0.3 is 5.69 Å². The van der Waals surface area contributed by atoms with Gasteiger partial charge in [-0.05, 0) is 24.1 Å². The largest absolute Gasteiger partial charge is 0.493 e. The van der Waals surface area contributed by atoms with Gasteiger partial charge in [-0.1, -0.05) is 6.07 Å². The number of methoxy groups -OCH3 is 2. The highest BCUT2D eigenvalue weighted by Gasteiger charge is 2.28. The van der Waals surface area contributed by atoms with Gasteiger partial charge in [0.1, 0.15) is 0 Å². The van der Waals surface area contributed by atoms with Crippen molar-refractivity contribution in [2.75, 3.05) is 20.8 Å². The Morgan fingerprint density at radius 2 is 1.74 bits per heavy atom. The molecule has 2 aromatic rings. The zero-order valence-electron chi connectivity index (χ0n) is 14.3. The Bertz CT molecular complexity index is 889. The van der Waals surface area contributed by atoms with Crippen LogP contribution in [0.5, 0.6) is 11.5 Å². The first-order valence-electron chi connectivity index (χ1n) is 7.61. The van der Waals surface area contributed by atoms with Crippen LogP contribution in [0.4, 0.5) is 18.9 Å². The maximum atomic E-state index is 13.8. The van der Waals surface area contributed by atoms with Crippen LogP contribution in [0, 0.1) is 27.6 Å². The van der Waals surface area contributed by atoms with E-state index in [4.69, 9.17) is 9.47 Å². The molecule has 2 rings (SSSR count). The van der Waals surface area contributed by atoms with E-state index < -0.39 is 39.5 Å². The molecule has 0 bridgehead atoms. The van der Waals surface area contributed by atoms with Crippen LogP contribution in [-0.4, -0.2) is 31.6 Å². The summed E-state index contributed by atoms with van der Waals surface area (Å²) in [6, 6.07) is 5.42.